The van der Waals surface area contributed by atoms with E-state index in [2.05, 4.69) is 5.32 Å². The van der Waals surface area contributed by atoms with Gasteiger partial charge in [-0.3, -0.25) is 9.59 Å². The second kappa shape index (κ2) is 4.55. The van der Waals surface area contributed by atoms with E-state index in [4.69, 9.17) is 5.11 Å². The van der Waals surface area contributed by atoms with E-state index < -0.39 is 5.97 Å². The zero-order chi connectivity index (χ0) is 12.4. The molecule has 0 aliphatic carbocycles. The third-order valence-electron chi connectivity index (χ3n) is 2.75. The van der Waals surface area contributed by atoms with Crippen LogP contribution in [-0.2, 0) is 22.6 Å². The monoisotopic (exact) mass is 234 g/mol. The van der Waals surface area contributed by atoms with Crippen molar-refractivity contribution in [3.05, 3.63) is 29.3 Å². The van der Waals surface area contributed by atoms with Crippen molar-refractivity contribution in [3.8, 4) is 0 Å². The van der Waals surface area contributed by atoms with Gasteiger partial charge in [-0.2, -0.15) is 0 Å². The number of benzene rings is 1. The third kappa shape index (κ3) is 2.29. The molecule has 90 valence electrons. The van der Waals surface area contributed by atoms with E-state index in [9.17, 15) is 9.59 Å². The Morgan fingerprint density at radius 1 is 1.53 bits per heavy atom. The molecule has 2 rings (SSSR count). The van der Waals surface area contributed by atoms with E-state index in [1.807, 2.05) is 25.2 Å². The number of nitrogens with zero attached hydrogens (tertiary/aromatic N) is 1. The van der Waals surface area contributed by atoms with Gasteiger partial charge in [0.1, 0.15) is 6.54 Å². The van der Waals surface area contributed by atoms with Gasteiger partial charge in [0.2, 0.25) is 5.91 Å². The Bertz CT molecular complexity index is 471. The molecule has 1 heterocycles. The summed E-state index contributed by atoms with van der Waals surface area (Å²) < 4.78 is 0. The highest BCUT2D eigenvalue weighted by molar-refractivity contribution is 6.04. The summed E-state index contributed by atoms with van der Waals surface area (Å²) >= 11 is 0. The van der Waals surface area contributed by atoms with Gasteiger partial charge in [0.15, 0.2) is 0 Å². The van der Waals surface area contributed by atoms with Gasteiger partial charge in [0.25, 0.3) is 0 Å². The molecule has 1 aliphatic rings. The maximum Gasteiger partial charge on any atom is 0.323 e. The Hall–Kier alpha value is -1.88. The number of fused-ring (bicyclic) bond motifs is 1. The zero-order valence-corrected chi connectivity index (χ0v) is 9.56. The van der Waals surface area contributed by atoms with Crippen LogP contribution in [-0.4, -0.2) is 30.6 Å². The lowest BCUT2D eigenvalue weighted by molar-refractivity contribution is -0.136. The van der Waals surface area contributed by atoms with Crippen LogP contribution in [0.5, 0.6) is 0 Å². The fraction of sp³-hybridized carbons (Fsp3) is 0.333. The topological polar surface area (TPSA) is 69.6 Å². The molecule has 1 aliphatic heterocycles. The highest BCUT2D eigenvalue weighted by Crippen LogP contribution is 2.29. The normalized spacial score (nSPS) is 13.9. The molecular formula is C12H14N2O3. The molecule has 0 saturated heterocycles. The van der Waals surface area contributed by atoms with Crippen molar-refractivity contribution in [1.29, 1.82) is 0 Å². The molecule has 1 aromatic rings. The van der Waals surface area contributed by atoms with E-state index in [1.165, 1.54) is 4.90 Å². The molecule has 0 unspecified atom stereocenters. The predicted molar refractivity (Wildman–Crippen MR) is 62.9 cm³/mol. The minimum Gasteiger partial charge on any atom is -0.480 e. The Morgan fingerprint density at radius 2 is 2.29 bits per heavy atom. The van der Waals surface area contributed by atoms with Crippen LogP contribution in [0.15, 0.2) is 18.2 Å². The number of nitrogens with one attached hydrogen (secondary N) is 1. The Kier molecular flexibility index (Phi) is 3.10. The first-order valence-electron chi connectivity index (χ1n) is 5.40. The molecule has 0 radical (unpaired) electrons. The Labute approximate surface area is 99.0 Å². The summed E-state index contributed by atoms with van der Waals surface area (Å²) in [6, 6.07) is 5.67. The van der Waals surface area contributed by atoms with Crippen LogP contribution in [0.25, 0.3) is 0 Å². The first-order valence-corrected chi connectivity index (χ1v) is 5.40. The van der Waals surface area contributed by atoms with Crippen LogP contribution in [0, 0.1) is 0 Å². The van der Waals surface area contributed by atoms with Crippen LogP contribution in [0.1, 0.15) is 11.1 Å². The number of anilines is 1. The van der Waals surface area contributed by atoms with Crippen LogP contribution in [0.3, 0.4) is 0 Å². The number of hydrogen-bond donors (Lipinski definition) is 2. The van der Waals surface area contributed by atoms with E-state index in [0.29, 0.717) is 6.42 Å². The summed E-state index contributed by atoms with van der Waals surface area (Å²) in [7, 11) is 1.86. The van der Waals surface area contributed by atoms with Crippen LogP contribution < -0.4 is 10.2 Å². The molecule has 17 heavy (non-hydrogen) atoms. The van der Waals surface area contributed by atoms with E-state index in [0.717, 1.165) is 23.4 Å². The minimum absolute atomic E-state index is 0.149. The lowest BCUT2D eigenvalue weighted by Gasteiger charge is -2.14. The minimum atomic E-state index is -0.995. The van der Waals surface area contributed by atoms with Crippen LogP contribution in [0.4, 0.5) is 5.69 Å². The molecule has 1 amide bonds. The molecule has 0 spiro atoms. The Morgan fingerprint density at radius 3 is 2.94 bits per heavy atom. The van der Waals surface area contributed by atoms with Gasteiger partial charge >= 0.3 is 5.97 Å². The first kappa shape index (κ1) is 11.6. The lowest BCUT2D eigenvalue weighted by atomic mass is 10.1. The maximum atomic E-state index is 11.7. The van der Waals surface area contributed by atoms with E-state index in [1.54, 1.807) is 0 Å². The number of carboxylic acid groups (broad SMARTS) is 1. The SMILES string of the molecule is CNCc1ccc2c(c1)CC(=O)N2CC(=O)O. The van der Waals surface area contributed by atoms with Gasteiger partial charge in [0.05, 0.1) is 6.42 Å². The second-order valence-electron chi connectivity index (χ2n) is 4.04. The number of amides is 1. The van der Waals surface area contributed by atoms with Crippen molar-refractivity contribution in [2.24, 2.45) is 0 Å². The quantitative estimate of drug-likeness (QED) is 0.790. The highest BCUT2D eigenvalue weighted by Gasteiger charge is 2.28. The second-order valence-corrected chi connectivity index (χ2v) is 4.04. The predicted octanol–water partition coefficient (Wildman–Crippen LogP) is 0.380. The van der Waals surface area contributed by atoms with Crippen molar-refractivity contribution in [2.75, 3.05) is 18.5 Å². The number of aliphatic carboxylic acids is 1. The summed E-state index contributed by atoms with van der Waals surface area (Å²) in [6.45, 7) is 0.470. The highest BCUT2D eigenvalue weighted by atomic mass is 16.4. The van der Waals surface area contributed by atoms with Gasteiger partial charge < -0.3 is 15.3 Å². The average molecular weight is 234 g/mol. The number of rotatable bonds is 4. The molecule has 0 atom stereocenters. The summed E-state index contributed by atoms with van der Waals surface area (Å²) in [4.78, 5) is 23.7. The van der Waals surface area contributed by atoms with Crippen molar-refractivity contribution in [3.63, 3.8) is 0 Å². The molecule has 0 saturated carbocycles. The number of hydrogen-bond acceptors (Lipinski definition) is 3. The van der Waals surface area contributed by atoms with Crippen molar-refractivity contribution in [1.82, 2.24) is 5.32 Å². The lowest BCUT2D eigenvalue weighted by Crippen LogP contribution is -2.32. The van der Waals surface area contributed by atoms with Gasteiger partial charge in [-0.05, 0) is 24.2 Å². The van der Waals surface area contributed by atoms with Crippen LogP contribution >= 0.6 is 0 Å². The summed E-state index contributed by atoms with van der Waals surface area (Å²) in [5.41, 5.74) is 2.72. The number of carbonyl (C=O) groups is 2. The first-order chi connectivity index (χ1) is 8.11. The Balaban J connectivity index is 2.28. The van der Waals surface area contributed by atoms with Crippen molar-refractivity contribution < 1.29 is 14.7 Å². The fourth-order valence-corrected chi connectivity index (χ4v) is 2.06. The number of carbonyl (C=O) groups excluding carboxylic acids is 1. The standard InChI is InChI=1S/C12H14N2O3/c1-13-6-8-2-3-10-9(4-8)5-11(15)14(10)7-12(16)17/h2-4,13H,5-7H2,1H3,(H,16,17). The molecule has 5 nitrogen and oxygen atoms in total. The molecule has 1 aromatic carbocycles. The number of carboxylic acids is 1. The average Bonchev–Trinajstić information content (AvgIpc) is 2.55. The molecule has 0 bridgehead atoms. The van der Waals surface area contributed by atoms with Gasteiger partial charge in [0, 0.05) is 12.2 Å². The summed E-state index contributed by atoms with van der Waals surface area (Å²) in [5, 5.41) is 11.8. The fourth-order valence-electron chi connectivity index (χ4n) is 2.06. The third-order valence-corrected chi connectivity index (χ3v) is 2.75. The van der Waals surface area contributed by atoms with Crippen molar-refractivity contribution >= 4 is 17.6 Å². The van der Waals surface area contributed by atoms with Crippen molar-refractivity contribution in [2.45, 2.75) is 13.0 Å². The summed E-state index contributed by atoms with van der Waals surface area (Å²) in [5.74, 6) is -1.14. The van der Waals surface area contributed by atoms with Gasteiger partial charge in [-0.1, -0.05) is 12.1 Å². The molecule has 0 fully saturated rings. The van der Waals surface area contributed by atoms with Crippen LogP contribution in [0.2, 0.25) is 0 Å². The summed E-state index contributed by atoms with van der Waals surface area (Å²) in [6.07, 6.45) is 0.292. The molecule has 0 aromatic heterocycles. The smallest absolute Gasteiger partial charge is 0.323 e. The van der Waals surface area contributed by atoms with Gasteiger partial charge in [-0.15, -0.1) is 0 Å². The zero-order valence-electron chi connectivity index (χ0n) is 9.56. The molecule has 2 N–H and O–H groups in total. The molecular weight excluding hydrogens is 220 g/mol. The van der Waals surface area contributed by atoms with E-state index in [-0.39, 0.29) is 12.5 Å². The van der Waals surface area contributed by atoms with E-state index >= 15 is 0 Å². The van der Waals surface area contributed by atoms with Gasteiger partial charge in [-0.25, -0.2) is 0 Å². The maximum absolute atomic E-state index is 11.7. The molecule has 5 heteroatoms. The largest absolute Gasteiger partial charge is 0.480 e.